The van der Waals surface area contributed by atoms with Crippen LogP contribution in [-0.4, -0.2) is 22.6 Å². The van der Waals surface area contributed by atoms with Gasteiger partial charge in [-0.1, -0.05) is 12.2 Å². The monoisotopic (exact) mass is 276 g/mol. The van der Waals surface area contributed by atoms with Gasteiger partial charge in [0, 0.05) is 17.4 Å². The number of thiophene rings is 1. The quantitative estimate of drug-likeness (QED) is 0.632. The molecule has 0 radical (unpaired) electrons. The SMILES string of the molecule is C=C1CCC[C@H](N2Cc3c(csc3N)C2=O)C(=O)C1. The topological polar surface area (TPSA) is 63.4 Å². The second-order valence-electron chi connectivity index (χ2n) is 5.23. The fourth-order valence-electron chi connectivity index (χ4n) is 2.88. The number of anilines is 1. The molecule has 3 rings (SSSR count). The van der Waals surface area contributed by atoms with Crippen LogP contribution in [0.15, 0.2) is 17.5 Å². The van der Waals surface area contributed by atoms with E-state index in [-0.39, 0.29) is 17.7 Å². The molecule has 2 heterocycles. The number of nitrogens with zero attached hydrogens (tertiary/aromatic N) is 1. The lowest BCUT2D eigenvalue weighted by atomic mass is 10.1. The van der Waals surface area contributed by atoms with Gasteiger partial charge >= 0.3 is 0 Å². The third kappa shape index (κ3) is 1.98. The predicted molar refractivity (Wildman–Crippen MR) is 75.0 cm³/mol. The summed E-state index contributed by atoms with van der Waals surface area (Å²) in [6.07, 6.45) is 2.93. The highest BCUT2D eigenvalue weighted by atomic mass is 32.1. The van der Waals surface area contributed by atoms with Gasteiger partial charge in [0.1, 0.15) is 0 Å². The predicted octanol–water partition coefficient (Wildman–Crippen LogP) is 2.35. The van der Waals surface area contributed by atoms with Gasteiger partial charge in [-0.05, 0) is 19.3 Å². The van der Waals surface area contributed by atoms with Crippen LogP contribution in [-0.2, 0) is 11.3 Å². The van der Waals surface area contributed by atoms with Crippen molar-refractivity contribution >= 4 is 28.0 Å². The van der Waals surface area contributed by atoms with Gasteiger partial charge < -0.3 is 10.6 Å². The van der Waals surface area contributed by atoms with E-state index in [1.54, 1.807) is 10.3 Å². The lowest BCUT2D eigenvalue weighted by Gasteiger charge is -2.25. The molecule has 4 nitrogen and oxygen atoms in total. The van der Waals surface area contributed by atoms with Crippen molar-refractivity contribution in [3.05, 3.63) is 28.7 Å². The zero-order valence-electron chi connectivity index (χ0n) is 10.6. The number of Topliss-reactive ketones (excluding diaryl/α,β-unsaturated/α-hetero) is 1. The maximum atomic E-state index is 12.4. The first kappa shape index (κ1) is 12.4. The Bertz CT molecular complexity index is 576. The molecule has 0 aromatic carbocycles. The molecule has 1 fully saturated rings. The third-order valence-electron chi connectivity index (χ3n) is 3.93. The minimum Gasteiger partial charge on any atom is -0.390 e. The van der Waals surface area contributed by atoms with E-state index in [2.05, 4.69) is 6.58 Å². The molecular formula is C14H16N2O2S. The van der Waals surface area contributed by atoms with Gasteiger partial charge in [-0.3, -0.25) is 9.59 Å². The Morgan fingerprint density at radius 1 is 1.42 bits per heavy atom. The van der Waals surface area contributed by atoms with Crippen LogP contribution < -0.4 is 5.73 Å². The smallest absolute Gasteiger partial charge is 0.256 e. The highest BCUT2D eigenvalue weighted by Gasteiger charge is 2.38. The van der Waals surface area contributed by atoms with E-state index < -0.39 is 0 Å². The van der Waals surface area contributed by atoms with Crippen molar-refractivity contribution in [3.63, 3.8) is 0 Å². The van der Waals surface area contributed by atoms with Crippen LogP contribution in [0.1, 0.15) is 41.6 Å². The molecule has 0 spiro atoms. The first-order chi connectivity index (χ1) is 9.08. The Kier molecular flexibility index (Phi) is 2.93. The zero-order valence-corrected chi connectivity index (χ0v) is 11.5. The van der Waals surface area contributed by atoms with E-state index in [0.29, 0.717) is 23.5 Å². The Morgan fingerprint density at radius 3 is 2.95 bits per heavy atom. The molecule has 1 saturated carbocycles. The number of carbonyl (C=O) groups is 2. The summed E-state index contributed by atoms with van der Waals surface area (Å²) in [5.41, 5.74) is 8.43. The van der Waals surface area contributed by atoms with Gasteiger partial charge in [0.2, 0.25) is 0 Å². The van der Waals surface area contributed by atoms with Crippen molar-refractivity contribution in [2.75, 3.05) is 5.73 Å². The van der Waals surface area contributed by atoms with Gasteiger partial charge in [-0.25, -0.2) is 0 Å². The Hall–Kier alpha value is -1.62. The number of amides is 1. The van der Waals surface area contributed by atoms with Crippen molar-refractivity contribution in [1.29, 1.82) is 0 Å². The normalized spacial score (nSPS) is 23.7. The summed E-state index contributed by atoms with van der Waals surface area (Å²) in [7, 11) is 0. The molecule has 5 heteroatoms. The minimum absolute atomic E-state index is 0.0474. The number of rotatable bonds is 1. The average Bonchev–Trinajstić information content (AvgIpc) is 2.81. The molecule has 0 bridgehead atoms. The van der Waals surface area contributed by atoms with Crippen molar-refractivity contribution in [1.82, 2.24) is 4.90 Å². The Morgan fingerprint density at radius 2 is 2.21 bits per heavy atom. The summed E-state index contributed by atoms with van der Waals surface area (Å²) >= 11 is 1.40. The third-order valence-corrected chi connectivity index (χ3v) is 4.78. The molecule has 19 heavy (non-hydrogen) atoms. The van der Waals surface area contributed by atoms with Crippen molar-refractivity contribution in [2.24, 2.45) is 0 Å². The number of carbonyl (C=O) groups excluding carboxylic acids is 2. The van der Waals surface area contributed by atoms with E-state index in [4.69, 9.17) is 5.73 Å². The van der Waals surface area contributed by atoms with Gasteiger partial charge in [0.15, 0.2) is 5.78 Å². The highest BCUT2D eigenvalue weighted by Crippen LogP contribution is 2.36. The number of hydrogen-bond acceptors (Lipinski definition) is 4. The molecule has 1 aromatic rings. The molecule has 1 atom stereocenters. The number of allylic oxidation sites excluding steroid dienone is 1. The Labute approximate surface area is 115 Å². The molecule has 1 amide bonds. The van der Waals surface area contributed by atoms with Crippen LogP contribution in [0.4, 0.5) is 5.00 Å². The standard InChI is InChI=1S/C14H16N2O2S/c1-8-3-2-4-11(12(17)5-8)16-6-9-10(14(16)18)7-19-13(9)15/h7,11H,1-6,15H2/t11-/m0/s1. The lowest BCUT2D eigenvalue weighted by molar-refractivity contribution is -0.122. The fourth-order valence-corrected chi connectivity index (χ4v) is 3.68. The van der Waals surface area contributed by atoms with Crippen LogP contribution in [0.3, 0.4) is 0 Å². The van der Waals surface area contributed by atoms with Gasteiger partial charge in [-0.2, -0.15) is 0 Å². The molecule has 2 N–H and O–H groups in total. The number of fused-ring (bicyclic) bond motifs is 1. The molecule has 100 valence electrons. The van der Waals surface area contributed by atoms with Crippen LogP contribution >= 0.6 is 11.3 Å². The molecule has 2 aliphatic rings. The molecule has 1 aliphatic carbocycles. The summed E-state index contributed by atoms with van der Waals surface area (Å²) in [5.74, 6) is 0.0667. The minimum atomic E-state index is -0.302. The van der Waals surface area contributed by atoms with E-state index in [0.717, 1.165) is 30.4 Å². The average molecular weight is 276 g/mol. The van der Waals surface area contributed by atoms with E-state index in [1.807, 2.05) is 0 Å². The fraction of sp³-hybridized carbons (Fsp3) is 0.429. The number of hydrogen-bond donors (Lipinski definition) is 1. The van der Waals surface area contributed by atoms with E-state index in [9.17, 15) is 9.59 Å². The highest BCUT2D eigenvalue weighted by molar-refractivity contribution is 7.14. The molecular weight excluding hydrogens is 260 g/mol. The van der Waals surface area contributed by atoms with Crippen LogP contribution in [0.2, 0.25) is 0 Å². The molecule has 0 unspecified atom stereocenters. The van der Waals surface area contributed by atoms with Gasteiger partial charge in [0.25, 0.3) is 5.91 Å². The molecule has 0 saturated heterocycles. The number of ketones is 1. The molecule has 1 aliphatic heterocycles. The van der Waals surface area contributed by atoms with Crippen LogP contribution in [0.5, 0.6) is 0 Å². The second kappa shape index (κ2) is 4.49. The molecule has 1 aromatic heterocycles. The second-order valence-corrected chi connectivity index (χ2v) is 6.14. The van der Waals surface area contributed by atoms with Gasteiger partial charge in [0.05, 0.1) is 23.2 Å². The van der Waals surface area contributed by atoms with Gasteiger partial charge in [-0.15, -0.1) is 11.3 Å². The summed E-state index contributed by atoms with van der Waals surface area (Å²) in [6, 6.07) is -0.302. The first-order valence-electron chi connectivity index (χ1n) is 6.44. The van der Waals surface area contributed by atoms with Crippen molar-refractivity contribution < 1.29 is 9.59 Å². The largest absolute Gasteiger partial charge is 0.390 e. The maximum Gasteiger partial charge on any atom is 0.256 e. The summed E-state index contributed by atoms with van der Waals surface area (Å²) in [6.45, 7) is 4.38. The van der Waals surface area contributed by atoms with E-state index in [1.165, 1.54) is 11.3 Å². The van der Waals surface area contributed by atoms with Crippen molar-refractivity contribution in [3.8, 4) is 0 Å². The Balaban J connectivity index is 1.86. The number of nitrogen functional groups attached to an aromatic ring is 1. The zero-order chi connectivity index (χ0) is 13.6. The van der Waals surface area contributed by atoms with E-state index >= 15 is 0 Å². The van der Waals surface area contributed by atoms with Crippen LogP contribution in [0, 0.1) is 0 Å². The van der Waals surface area contributed by atoms with Crippen molar-refractivity contribution in [2.45, 2.75) is 38.3 Å². The maximum absolute atomic E-state index is 12.4. The summed E-state index contributed by atoms with van der Waals surface area (Å²) in [4.78, 5) is 26.3. The van der Waals surface area contributed by atoms with Crippen LogP contribution in [0.25, 0.3) is 0 Å². The summed E-state index contributed by atoms with van der Waals surface area (Å²) in [5, 5.41) is 2.49. The number of nitrogens with two attached hydrogens (primary N) is 1. The first-order valence-corrected chi connectivity index (χ1v) is 7.32. The summed E-state index contributed by atoms with van der Waals surface area (Å²) < 4.78 is 0. The lowest BCUT2D eigenvalue weighted by Crippen LogP contribution is -2.40.